The second-order valence-corrected chi connectivity index (χ2v) is 6.49. The molecule has 2 aromatic rings. The van der Waals surface area contributed by atoms with E-state index in [-0.39, 0.29) is 17.9 Å². The van der Waals surface area contributed by atoms with Crippen molar-refractivity contribution in [3.8, 4) is 11.8 Å². The summed E-state index contributed by atoms with van der Waals surface area (Å²) >= 11 is 3.35. The number of aryl methyl sites for hydroxylation is 1. The van der Waals surface area contributed by atoms with Gasteiger partial charge in [-0.15, -0.1) is 10.2 Å². The number of ether oxygens (including phenoxy) is 1. The van der Waals surface area contributed by atoms with E-state index >= 15 is 0 Å². The maximum absolute atomic E-state index is 10.3. The van der Waals surface area contributed by atoms with Crippen molar-refractivity contribution in [3.63, 3.8) is 0 Å². The Morgan fingerprint density at radius 1 is 1.25 bits per heavy atom. The molecule has 0 fully saturated rings. The second-order valence-electron chi connectivity index (χ2n) is 5.58. The van der Waals surface area contributed by atoms with Gasteiger partial charge in [0.15, 0.2) is 11.6 Å². The Hall–Kier alpha value is -2.33. The van der Waals surface area contributed by atoms with Gasteiger partial charge >= 0.3 is 0 Å². The Kier molecular flexibility index (Phi) is 5.16. The minimum Gasteiger partial charge on any atom is -0.507 e. The molecular weight excluding hydrogens is 372 g/mol. The molecule has 0 aliphatic carbocycles. The van der Waals surface area contributed by atoms with Gasteiger partial charge in [0.05, 0.1) is 0 Å². The highest BCUT2D eigenvalue weighted by Crippen LogP contribution is 2.22. The predicted octanol–water partition coefficient (Wildman–Crippen LogP) is 3.64. The SMILES string of the molecule is N#CC(=C(O)COc1ccc(Br)cc1)c1nnc2n1CCCCC2. The number of hydrogen-bond acceptors (Lipinski definition) is 5. The Bertz CT molecular complexity index is 790. The number of fused-ring (bicyclic) bond motifs is 1. The van der Waals surface area contributed by atoms with E-state index < -0.39 is 0 Å². The molecule has 0 atom stereocenters. The Morgan fingerprint density at radius 2 is 2.04 bits per heavy atom. The first-order valence-corrected chi connectivity index (χ1v) is 8.61. The summed E-state index contributed by atoms with van der Waals surface area (Å²) in [7, 11) is 0. The number of aliphatic hydroxyl groups excluding tert-OH is 1. The van der Waals surface area contributed by atoms with Gasteiger partial charge < -0.3 is 14.4 Å². The summed E-state index contributed by atoms with van der Waals surface area (Å²) in [6.07, 6.45) is 4.07. The van der Waals surface area contributed by atoms with Crippen LogP contribution in [-0.2, 0) is 13.0 Å². The van der Waals surface area contributed by atoms with Crippen LogP contribution in [0.25, 0.3) is 5.57 Å². The first kappa shape index (κ1) is 16.5. The monoisotopic (exact) mass is 388 g/mol. The average molecular weight is 389 g/mol. The van der Waals surface area contributed by atoms with Gasteiger partial charge in [0.25, 0.3) is 0 Å². The number of aromatic nitrogens is 3. The van der Waals surface area contributed by atoms with E-state index in [0.29, 0.717) is 11.6 Å². The Morgan fingerprint density at radius 3 is 2.79 bits per heavy atom. The van der Waals surface area contributed by atoms with Crippen LogP contribution in [0.15, 0.2) is 34.5 Å². The average Bonchev–Trinajstić information content (AvgIpc) is 2.83. The third kappa shape index (κ3) is 3.60. The molecule has 1 aliphatic rings. The van der Waals surface area contributed by atoms with Crippen LogP contribution >= 0.6 is 15.9 Å². The van der Waals surface area contributed by atoms with Crippen LogP contribution in [0.4, 0.5) is 0 Å². The van der Waals surface area contributed by atoms with Crippen LogP contribution in [0.5, 0.6) is 5.75 Å². The molecule has 1 N–H and O–H groups in total. The summed E-state index contributed by atoms with van der Waals surface area (Å²) in [5.41, 5.74) is 0.118. The van der Waals surface area contributed by atoms with Crippen molar-refractivity contribution in [2.24, 2.45) is 0 Å². The lowest BCUT2D eigenvalue weighted by molar-refractivity contribution is 0.272. The van der Waals surface area contributed by atoms with Crippen LogP contribution in [0.1, 0.15) is 30.9 Å². The highest BCUT2D eigenvalue weighted by Gasteiger charge is 2.20. The molecule has 0 spiro atoms. The van der Waals surface area contributed by atoms with E-state index in [1.54, 1.807) is 12.1 Å². The topological polar surface area (TPSA) is 84.0 Å². The molecule has 0 saturated heterocycles. The minimum absolute atomic E-state index is 0.0906. The molecule has 6 nitrogen and oxygen atoms in total. The Balaban J connectivity index is 1.82. The van der Waals surface area contributed by atoms with Gasteiger partial charge in [-0.1, -0.05) is 22.4 Å². The van der Waals surface area contributed by atoms with E-state index in [2.05, 4.69) is 26.1 Å². The van der Waals surface area contributed by atoms with E-state index in [1.165, 1.54) is 0 Å². The van der Waals surface area contributed by atoms with Gasteiger partial charge in [-0.05, 0) is 37.1 Å². The van der Waals surface area contributed by atoms with Crippen molar-refractivity contribution in [1.29, 1.82) is 5.26 Å². The van der Waals surface area contributed by atoms with Gasteiger partial charge in [0, 0.05) is 17.4 Å². The maximum atomic E-state index is 10.3. The van der Waals surface area contributed by atoms with Gasteiger partial charge in [-0.2, -0.15) is 5.26 Å². The number of rotatable bonds is 4. The fraction of sp³-hybridized carbons (Fsp3) is 0.353. The van der Waals surface area contributed by atoms with Gasteiger partial charge in [-0.25, -0.2) is 0 Å². The number of hydrogen-bond donors (Lipinski definition) is 1. The quantitative estimate of drug-likeness (QED) is 0.638. The van der Waals surface area contributed by atoms with Crippen molar-refractivity contribution in [1.82, 2.24) is 14.8 Å². The smallest absolute Gasteiger partial charge is 0.178 e. The molecule has 0 saturated carbocycles. The molecule has 0 unspecified atom stereocenters. The zero-order valence-electron chi connectivity index (χ0n) is 13.1. The highest BCUT2D eigenvalue weighted by atomic mass is 79.9. The molecule has 0 amide bonds. The molecule has 24 heavy (non-hydrogen) atoms. The van der Waals surface area contributed by atoms with Gasteiger partial charge in [0.1, 0.15) is 29.8 Å². The summed E-state index contributed by atoms with van der Waals surface area (Å²) in [6, 6.07) is 9.30. The van der Waals surface area contributed by atoms with Crippen LogP contribution in [0.3, 0.4) is 0 Å². The number of nitriles is 1. The second kappa shape index (κ2) is 7.49. The molecule has 0 bridgehead atoms. The molecule has 124 valence electrons. The molecule has 2 heterocycles. The van der Waals surface area contributed by atoms with Crippen molar-refractivity contribution >= 4 is 21.5 Å². The summed E-state index contributed by atoms with van der Waals surface area (Å²) in [6.45, 7) is 0.677. The largest absolute Gasteiger partial charge is 0.507 e. The summed E-state index contributed by atoms with van der Waals surface area (Å²) in [5.74, 6) is 1.77. The zero-order chi connectivity index (χ0) is 16.9. The standard InChI is InChI=1S/C17H17BrN4O2/c18-12-5-7-13(8-6-12)24-11-15(23)14(10-19)17-21-20-16-4-2-1-3-9-22(16)17/h5-8,23H,1-4,9,11H2. The minimum atomic E-state index is -0.139. The summed E-state index contributed by atoms with van der Waals surface area (Å²) < 4.78 is 8.41. The van der Waals surface area contributed by atoms with E-state index in [0.717, 1.165) is 42.5 Å². The molecular formula is C17H17BrN4O2. The van der Waals surface area contributed by atoms with Gasteiger partial charge in [0.2, 0.25) is 0 Å². The van der Waals surface area contributed by atoms with Crippen LogP contribution in [-0.4, -0.2) is 26.5 Å². The number of aliphatic hydroxyl groups is 1. The third-order valence-corrected chi connectivity index (χ3v) is 4.45. The molecule has 1 aliphatic heterocycles. The first-order chi connectivity index (χ1) is 11.7. The zero-order valence-corrected chi connectivity index (χ0v) is 14.7. The number of allylic oxidation sites excluding steroid dienone is 1. The predicted molar refractivity (Wildman–Crippen MR) is 92.4 cm³/mol. The number of benzene rings is 1. The van der Waals surface area contributed by atoms with Gasteiger partial charge in [-0.3, -0.25) is 0 Å². The van der Waals surface area contributed by atoms with Crippen LogP contribution in [0, 0.1) is 11.3 Å². The summed E-state index contributed by atoms with van der Waals surface area (Å²) in [5, 5.41) is 28.0. The lowest BCUT2D eigenvalue weighted by Gasteiger charge is -2.09. The van der Waals surface area contributed by atoms with Crippen molar-refractivity contribution < 1.29 is 9.84 Å². The molecule has 1 aromatic carbocycles. The molecule has 0 radical (unpaired) electrons. The van der Waals surface area contributed by atoms with E-state index in [9.17, 15) is 10.4 Å². The molecule has 3 rings (SSSR count). The van der Waals surface area contributed by atoms with Crippen LogP contribution < -0.4 is 4.74 Å². The van der Waals surface area contributed by atoms with Crippen molar-refractivity contribution in [3.05, 3.63) is 46.1 Å². The Labute approximate surface area is 148 Å². The van der Waals surface area contributed by atoms with Crippen LogP contribution in [0.2, 0.25) is 0 Å². The fourth-order valence-corrected chi connectivity index (χ4v) is 2.93. The third-order valence-electron chi connectivity index (χ3n) is 3.92. The maximum Gasteiger partial charge on any atom is 0.178 e. The lowest BCUT2D eigenvalue weighted by atomic mass is 10.2. The van der Waals surface area contributed by atoms with Crippen molar-refractivity contribution in [2.45, 2.75) is 32.2 Å². The number of nitrogens with zero attached hydrogens (tertiary/aromatic N) is 4. The van der Waals surface area contributed by atoms with E-state index in [1.807, 2.05) is 22.8 Å². The summed E-state index contributed by atoms with van der Waals surface area (Å²) in [4.78, 5) is 0. The normalized spacial score (nSPS) is 15.0. The first-order valence-electron chi connectivity index (χ1n) is 7.82. The lowest BCUT2D eigenvalue weighted by Crippen LogP contribution is -2.09. The highest BCUT2D eigenvalue weighted by molar-refractivity contribution is 9.10. The van der Waals surface area contributed by atoms with E-state index in [4.69, 9.17) is 4.74 Å². The fourth-order valence-electron chi connectivity index (χ4n) is 2.67. The number of halogens is 1. The molecule has 1 aromatic heterocycles. The van der Waals surface area contributed by atoms with Crippen molar-refractivity contribution in [2.75, 3.05) is 6.61 Å². The molecule has 7 heteroatoms.